The molecule has 0 aromatic carbocycles. The first-order chi connectivity index (χ1) is 14.5. The molecule has 1 amide bonds. The van der Waals surface area contributed by atoms with Crippen molar-refractivity contribution in [1.29, 1.82) is 0 Å². The van der Waals surface area contributed by atoms with E-state index in [1.165, 1.54) is 10.5 Å². The minimum atomic E-state index is -1.25. The quantitative estimate of drug-likeness (QED) is 0.824. The summed E-state index contributed by atoms with van der Waals surface area (Å²) < 4.78 is 20.0. The van der Waals surface area contributed by atoms with E-state index in [9.17, 15) is 9.18 Å². The van der Waals surface area contributed by atoms with Crippen LogP contribution in [0.4, 0.5) is 10.2 Å². The Labute approximate surface area is 175 Å². The molecule has 5 rings (SSSR count). The molecule has 0 radical (unpaired) electrons. The van der Waals surface area contributed by atoms with Crippen molar-refractivity contribution in [2.45, 2.75) is 32.1 Å². The number of halogens is 1. The average molecular weight is 411 g/mol. The van der Waals surface area contributed by atoms with Crippen molar-refractivity contribution in [3.63, 3.8) is 0 Å². The summed E-state index contributed by atoms with van der Waals surface area (Å²) in [5.74, 6) is 1.08. The molecule has 4 aliphatic heterocycles. The fourth-order valence-electron chi connectivity index (χ4n) is 4.27. The van der Waals surface area contributed by atoms with Crippen molar-refractivity contribution in [2.75, 3.05) is 37.7 Å². The van der Waals surface area contributed by atoms with Gasteiger partial charge in [0.1, 0.15) is 18.4 Å². The lowest BCUT2D eigenvalue weighted by molar-refractivity contribution is -0.0217. The second-order valence-electron chi connectivity index (χ2n) is 8.39. The Morgan fingerprint density at radius 1 is 1.43 bits per heavy atom. The second kappa shape index (κ2) is 7.04. The molecule has 7 nitrogen and oxygen atoms in total. The molecule has 5 heterocycles. The highest BCUT2D eigenvalue weighted by Gasteiger charge is 2.44. The number of anilines is 1. The lowest BCUT2D eigenvalue weighted by atomic mass is 9.93. The summed E-state index contributed by atoms with van der Waals surface area (Å²) in [5.41, 5.74) is 1.51. The van der Waals surface area contributed by atoms with E-state index in [0.29, 0.717) is 36.7 Å². The van der Waals surface area contributed by atoms with E-state index in [-0.39, 0.29) is 25.2 Å². The molecule has 1 saturated heterocycles. The van der Waals surface area contributed by atoms with Gasteiger partial charge < -0.3 is 24.8 Å². The maximum absolute atomic E-state index is 14.2. The van der Waals surface area contributed by atoms with Gasteiger partial charge in [0.05, 0.1) is 25.2 Å². The topological polar surface area (TPSA) is 60.9 Å². The van der Waals surface area contributed by atoms with E-state index in [4.69, 9.17) is 4.74 Å². The number of hydrogen-bond donors (Lipinski definition) is 1. The van der Waals surface area contributed by atoms with Gasteiger partial charge in [-0.3, -0.25) is 4.79 Å². The van der Waals surface area contributed by atoms with E-state index in [1.807, 2.05) is 0 Å². The second-order valence-corrected chi connectivity index (χ2v) is 8.39. The van der Waals surface area contributed by atoms with Crippen molar-refractivity contribution in [3.8, 4) is 5.75 Å². The summed E-state index contributed by atoms with van der Waals surface area (Å²) >= 11 is 0. The number of rotatable bonds is 3. The largest absolute Gasteiger partial charge is 0.488 e. The Balaban J connectivity index is 1.36. The number of ether oxygens (including phenoxy) is 1. The lowest BCUT2D eigenvalue weighted by Gasteiger charge is -2.44. The van der Waals surface area contributed by atoms with Crippen LogP contribution in [0, 0.1) is 0 Å². The normalized spacial score (nSPS) is 24.0. The van der Waals surface area contributed by atoms with Crippen LogP contribution in [0.25, 0.3) is 0 Å². The van der Waals surface area contributed by atoms with E-state index >= 15 is 0 Å². The van der Waals surface area contributed by atoms with Crippen LogP contribution < -0.4 is 15.0 Å². The molecule has 1 aromatic heterocycles. The van der Waals surface area contributed by atoms with Crippen LogP contribution in [0.2, 0.25) is 0 Å². The van der Waals surface area contributed by atoms with Crippen LogP contribution in [-0.4, -0.2) is 65.3 Å². The molecule has 1 atom stereocenters. The maximum atomic E-state index is 14.2. The standard InChI is InChI=1S/C22H26FN5O2/c1-3-22(23)13-27(14-22)21(29)16-8-18-20(25-11-16)28(6-7-30-18)17-4-5-26-12-15(2)10-24-19(26)9-17/h4-5,8-11,19,24H,3,6-7,12-14H2,1-2H3. The minimum Gasteiger partial charge on any atom is -0.488 e. The van der Waals surface area contributed by atoms with Gasteiger partial charge in [0.15, 0.2) is 11.6 Å². The molecular weight excluding hydrogens is 385 g/mol. The molecule has 1 unspecified atom stereocenters. The van der Waals surface area contributed by atoms with Crippen molar-refractivity contribution >= 4 is 11.7 Å². The molecule has 0 bridgehead atoms. The number of nitrogens with one attached hydrogen (secondary N) is 1. The highest BCUT2D eigenvalue weighted by Crippen LogP contribution is 2.35. The Hall–Kier alpha value is -3.03. The van der Waals surface area contributed by atoms with Gasteiger partial charge in [0, 0.05) is 24.6 Å². The van der Waals surface area contributed by atoms with Gasteiger partial charge in [-0.1, -0.05) is 6.92 Å². The van der Waals surface area contributed by atoms with Crippen LogP contribution in [0.1, 0.15) is 30.6 Å². The van der Waals surface area contributed by atoms with E-state index < -0.39 is 5.67 Å². The van der Waals surface area contributed by atoms with Crippen molar-refractivity contribution < 1.29 is 13.9 Å². The van der Waals surface area contributed by atoms with Gasteiger partial charge in [0.2, 0.25) is 0 Å². The average Bonchev–Trinajstić information content (AvgIpc) is 2.75. The first-order valence-corrected chi connectivity index (χ1v) is 10.4. The van der Waals surface area contributed by atoms with Crippen LogP contribution in [-0.2, 0) is 0 Å². The summed E-state index contributed by atoms with van der Waals surface area (Å²) in [6, 6.07) is 1.73. The Kier molecular flexibility index (Phi) is 4.45. The highest BCUT2D eigenvalue weighted by atomic mass is 19.1. The molecule has 1 N–H and O–H groups in total. The number of likely N-dealkylation sites (tertiary alicyclic amines) is 1. The van der Waals surface area contributed by atoms with Crippen LogP contribution in [0.3, 0.4) is 0 Å². The van der Waals surface area contributed by atoms with Crippen molar-refractivity contribution in [3.05, 3.63) is 53.6 Å². The SMILES string of the molecule is CCC1(F)CN(C(=O)c2cnc3c(c2)OCCN3C2=CC3NC=C(C)CN3C=C2)C1. The molecule has 1 fully saturated rings. The summed E-state index contributed by atoms with van der Waals surface area (Å²) in [6.07, 6.45) is 10.5. The zero-order chi connectivity index (χ0) is 20.9. The molecule has 4 aliphatic rings. The summed E-state index contributed by atoms with van der Waals surface area (Å²) in [6.45, 7) is 6.28. The number of allylic oxidation sites excluding steroid dienone is 1. The fraction of sp³-hybridized carbons (Fsp3) is 0.455. The molecule has 0 saturated carbocycles. The predicted molar refractivity (Wildman–Crippen MR) is 112 cm³/mol. The summed E-state index contributed by atoms with van der Waals surface area (Å²) in [5, 5.41) is 3.40. The number of nitrogens with zero attached hydrogens (tertiary/aromatic N) is 4. The number of carbonyl (C=O) groups is 1. The van der Waals surface area contributed by atoms with E-state index in [1.54, 1.807) is 19.2 Å². The molecule has 158 valence electrons. The molecule has 0 aliphatic carbocycles. The number of aromatic nitrogens is 1. The Morgan fingerprint density at radius 3 is 3.07 bits per heavy atom. The molecule has 30 heavy (non-hydrogen) atoms. The Morgan fingerprint density at radius 2 is 2.27 bits per heavy atom. The zero-order valence-electron chi connectivity index (χ0n) is 17.3. The fourth-order valence-corrected chi connectivity index (χ4v) is 4.27. The van der Waals surface area contributed by atoms with Crippen molar-refractivity contribution in [2.24, 2.45) is 0 Å². The van der Waals surface area contributed by atoms with Gasteiger partial charge in [-0.15, -0.1) is 0 Å². The third kappa shape index (κ3) is 3.20. The summed E-state index contributed by atoms with van der Waals surface area (Å²) in [4.78, 5) is 23.1. The van der Waals surface area contributed by atoms with Gasteiger partial charge in [-0.05, 0) is 43.3 Å². The van der Waals surface area contributed by atoms with Crippen molar-refractivity contribution in [1.82, 2.24) is 20.1 Å². The van der Waals surface area contributed by atoms with Crippen LogP contribution >= 0.6 is 0 Å². The predicted octanol–water partition coefficient (Wildman–Crippen LogP) is 2.40. The molecule has 8 heteroatoms. The lowest BCUT2D eigenvalue weighted by Crippen LogP contribution is -2.60. The van der Waals surface area contributed by atoms with E-state index in [0.717, 1.165) is 12.2 Å². The number of alkyl halides is 1. The van der Waals surface area contributed by atoms with Crippen LogP contribution in [0.15, 0.2) is 48.1 Å². The number of fused-ring (bicyclic) bond motifs is 2. The highest BCUT2D eigenvalue weighted by molar-refractivity contribution is 5.95. The zero-order valence-corrected chi connectivity index (χ0v) is 17.3. The third-order valence-electron chi connectivity index (χ3n) is 6.14. The van der Waals surface area contributed by atoms with E-state index in [2.05, 4.69) is 51.6 Å². The summed E-state index contributed by atoms with van der Waals surface area (Å²) in [7, 11) is 0. The first kappa shape index (κ1) is 19.0. The molecule has 0 spiro atoms. The molecular formula is C22H26FN5O2. The number of amides is 1. The number of pyridine rings is 1. The van der Waals surface area contributed by atoms with Gasteiger partial charge >= 0.3 is 0 Å². The number of carbonyl (C=O) groups excluding carboxylic acids is 1. The Bertz CT molecular complexity index is 966. The minimum absolute atomic E-state index is 0.104. The van der Waals surface area contributed by atoms with Gasteiger partial charge in [-0.2, -0.15) is 0 Å². The van der Waals surface area contributed by atoms with Gasteiger partial charge in [0.25, 0.3) is 5.91 Å². The molecule has 1 aromatic rings. The van der Waals surface area contributed by atoms with Crippen LogP contribution in [0.5, 0.6) is 5.75 Å². The third-order valence-corrected chi connectivity index (χ3v) is 6.14. The smallest absolute Gasteiger partial charge is 0.255 e. The maximum Gasteiger partial charge on any atom is 0.255 e. The first-order valence-electron chi connectivity index (χ1n) is 10.4. The number of hydrogen-bond acceptors (Lipinski definition) is 6. The van der Waals surface area contributed by atoms with Gasteiger partial charge in [-0.25, -0.2) is 9.37 Å². The monoisotopic (exact) mass is 411 g/mol.